The Morgan fingerprint density at radius 2 is 2.14 bits per heavy atom. The number of carboxylic acids is 1. The molecule has 0 spiro atoms. The highest BCUT2D eigenvalue weighted by Crippen LogP contribution is 2.34. The first kappa shape index (κ1) is 9.93. The molecule has 0 amide bonds. The minimum Gasteiger partial charge on any atom is -0.480 e. The average molecular weight is 198 g/mol. The Morgan fingerprint density at radius 3 is 2.50 bits per heavy atom. The zero-order valence-corrected chi connectivity index (χ0v) is 8.57. The Bertz CT molecular complexity index is 224. The molecular weight excluding hydrogens is 180 g/mol. The van der Waals surface area contributed by atoms with Crippen LogP contribution in [0.2, 0.25) is 0 Å². The highest BCUT2D eigenvalue weighted by atomic mass is 16.4. The maximum Gasteiger partial charge on any atom is 0.321 e. The summed E-state index contributed by atoms with van der Waals surface area (Å²) >= 11 is 0. The van der Waals surface area contributed by atoms with E-state index >= 15 is 0 Å². The molecule has 3 saturated heterocycles. The molecule has 0 aromatic carbocycles. The lowest BCUT2D eigenvalue weighted by molar-refractivity contribution is -0.143. The van der Waals surface area contributed by atoms with Crippen LogP contribution in [0.15, 0.2) is 0 Å². The molecule has 3 rings (SSSR count). The van der Waals surface area contributed by atoms with Gasteiger partial charge in [-0.3, -0.25) is 4.79 Å². The first-order valence-corrected chi connectivity index (χ1v) is 5.35. The number of nitrogens with one attached hydrogen (secondary N) is 1. The standard InChI is InChI=1S/C10H18N2O2/c1-11-9(10(13)14)8-6-12-4-2-7(8)3-5-12/h7-9,11H,2-6H2,1H3,(H,13,14). The molecule has 2 bridgehead atoms. The quantitative estimate of drug-likeness (QED) is 0.670. The van der Waals surface area contributed by atoms with Crippen LogP contribution >= 0.6 is 0 Å². The Labute approximate surface area is 84.3 Å². The second kappa shape index (κ2) is 3.87. The monoisotopic (exact) mass is 198 g/mol. The van der Waals surface area contributed by atoms with Crippen molar-refractivity contribution in [3.05, 3.63) is 0 Å². The number of hydrogen-bond acceptors (Lipinski definition) is 3. The van der Waals surface area contributed by atoms with Crippen molar-refractivity contribution in [3.63, 3.8) is 0 Å². The van der Waals surface area contributed by atoms with E-state index in [1.807, 2.05) is 0 Å². The summed E-state index contributed by atoms with van der Waals surface area (Å²) in [5, 5.41) is 12.0. The molecule has 3 aliphatic rings. The summed E-state index contributed by atoms with van der Waals surface area (Å²) in [5.41, 5.74) is 0. The van der Waals surface area contributed by atoms with Crippen molar-refractivity contribution in [2.24, 2.45) is 11.8 Å². The second-order valence-electron chi connectivity index (χ2n) is 4.41. The molecule has 3 fully saturated rings. The van der Waals surface area contributed by atoms with E-state index in [0.717, 1.165) is 19.6 Å². The van der Waals surface area contributed by atoms with Crippen LogP contribution < -0.4 is 5.32 Å². The summed E-state index contributed by atoms with van der Waals surface area (Å²) in [7, 11) is 1.75. The second-order valence-corrected chi connectivity index (χ2v) is 4.41. The van der Waals surface area contributed by atoms with Crippen molar-refractivity contribution in [3.8, 4) is 0 Å². The predicted molar refractivity (Wildman–Crippen MR) is 53.1 cm³/mol. The number of fused-ring (bicyclic) bond motifs is 3. The molecule has 4 heteroatoms. The molecule has 0 aromatic heterocycles. The zero-order chi connectivity index (χ0) is 10.1. The highest BCUT2D eigenvalue weighted by molar-refractivity contribution is 5.74. The number of carbonyl (C=O) groups is 1. The number of carboxylic acid groups (broad SMARTS) is 1. The van der Waals surface area contributed by atoms with Gasteiger partial charge in [0.1, 0.15) is 6.04 Å². The largest absolute Gasteiger partial charge is 0.480 e. The van der Waals surface area contributed by atoms with Crippen molar-refractivity contribution >= 4 is 5.97 Å². The Morgan fingerprint density at radius 1 is 1.50 bits per heavy atom. The van der Waals surface area contributed by atoms with E-state index in [0.29, 0.717) is 11.8 Å². The van der Waals surface area contributed by atoms with Gasteiger partial charge in [0.2, 0.25) is 0 Å². The number of rotatable bonds is 3. The van der Waals surface area contributed by atoms with Crippen molar-refractivity contribution in [1.29, 1.82) is 0 Å². The van der Waals surface area contributed by atoms with Crippen LogP contribution in [0, 0.1) is 11.8 Å². The van der Waals surface area contributed by atoms with E-state index in [2.05, 4.69) is 10.2 Å². The van der Waals surface area contributed by atoms with Crippen molar-refractivity contribution in [2.75, 3.05) is 26.7 Å². The Hall–Kier alpha value is -0.610. The summed E-state index contributed by atoms with van der Waals surface area (Å²) < 4.78 is 0. The van der Waals surface area contributed by atoms with Gasteiger partial charge in [-0.2, -0.15) is 0 Å². The van der Waals surface area contributed by atoms with Crippen LogP contribution in [-0.4, -0.2) is 48.7 Å². The fraction of sp³-hybridized carbons (Fsp3) is 0.900. The van der Waals surface area contributed by atoms with Gasteiger partial charge >= 0.3 is 5.97 Å². The molecule has 0 aliphatic carbocycles. The van der Waals surface area contributed by atoms with E-state index < -0.39 is 5.97 Å². The normalized spacial score (nSPS) is 38.2. The molecule has 2 atom stereocenters. The van der Waals surface area contributed by atoms with Gasteiger partial charge in [0.05, 0.1) is 0 Å². The third kappa shape index (κ3) is 1.64. The lowest BCUT2D eigenvalue weighted by Gasteiger charge is -2.46. The van der Waals surface area contributed by atoms with Gasteiger partial charge < -0.3 is 15.3 Å². The lowest BCUT2D eigenvalue weighted by Crippen LogP contribution is -2.56. The van der Waals surface area contributed by atoms with Crippen LogP contribution in [0.1, 0.15) is 12.8 Å². The molecule has 0 aromatic rings. The van der Waals surface area contributed by atoms with Crippen LogP contribution in [-0.2, 0) is 4.79 Å². The molecule has 2 N–H and O–H groups in total. The minimum atomic E-state index is -0.703. The van der Waals surface area contributed by atoms with Crippen LogP contribution in [0.5, 0.6) is 0 Å². The third-order valence-electron chi connectivity index (χ3n) is 3.71. The van der Waals surface area contributed by atoms with Crippen LogP contribution in [0.25, 0.3) is 0 Å². The topological polar surface area (TPSA) is 52.6 Å². The first-order chi connectivity index (χ1) is 6.72. The van der Waals surface area contributed by atoms with Gasteiger partial charge in [-0.1, -0.05) is 0 Å². The Balaban J connectivity index is 2.06. The van der Waals surface area contributed by atoms with E-state index in [4.69, 9.17) is 5.11 Å². The van der Waals surface area contributed by atoms with Gasteiger partial charge in [-0.15, -0.1) is 0 Å². The molecule has 0 saturated carbocycles. The molecular formula is C10H18N2O2. The fourth-order valence-corrected chi connectivity index (χ4v) is 2.91. The summed E-state index contributed by atoms with van der Waals surface area (Å²) in [6.45, 7) is 3.29. The lowest BCUT2D eigenvalue weighted by atomic mass is 9.75. The van der Waals surface area contributed by atoms with Gasteiger partial charge in [-0.05, 0) is 38.9 Å². The van der Waals surface area contributed by atoms with E-state index in [9.17, 15) is 4.79 Å². The van der Waals surface area contributed by atoms with Gasteiger partial charge in [0.15, 0.2) is 0 Å². The molecule has 4 nitrogen and oxygen atoms in total. The summed E-state index contributed by atoms with van der Waals surface area (Å²) in [6.07, 6.45) is 2.35. The van der Waals surface area contributed by atoms with Gasteiger partial charge in [0.25, 0.3) is 0 Å². The molecule has 14 heavy (non-hydrogen) atoms. The zero-order valence-electron chi connectivity index (χ0n) is 8.57. The smallest absolute Gasteiger partial charge is 0.321 e. The molecule has 80 valence electrons. The highest BCUT2D eigenvalue weighted by Gasteiger charge is 2.40. The van der Waals surface area contributed by atoms with Crippen LogP contribution in [0.3, 0.4) is 0 Å². The number of likely N-dealkylation sites (N-methyl/N-ethyl adjacent to an activating group) is 1. The van der Waals surface area contributed by atoms with Crippen LogP contribution in [0.4, 0.5) is 0 Å². The maximum absolute atomic E-state index is 11.0. The molecule has 0 radical (unpaired) electrons. The van der Waals surface area contributed by atoms with E-state index in [-0.39, 0.29) is 6.04 Å². The molecule has 3 heterocycles. The number of piperidine rings is 3. The summed E-state index contributed by atoms with van der Waals surface area (Å²) in [4.78, 5) is 13.4. The van der Waals surface area contributed by atoms with Gasteiger partial charge in [-0.25, -0.2) is 0 Å². The summed E-state index contributed by atoms with van der Waals surface area (Å²) in [5.74, 6) is 0.222. The average Bonchev–Trinajstić information content (AvgIpc) is 2.20. The fourth-order valence-electron chi connectivity index (χ4n) is 2.91. The van der Waals surface area contributed by atoms with Crippen molar-refractivity contribution < 1.29 is 9.90 Å². The van der Waals surface area contributed by atoms with Crippen molar-refractivity contribution in [1.82, 2.24) is 10.2 Å². The SMILES string of the molecule is CNC(C(=O)O)C1CN2CCC1CC2. The first-order valence-electron chi connectivity index (χ1n) is 5.35. The summed E-state index contributed by atoms with van der Waals surface area (Å²) in [6, 6.07) is -0.358. The number of aliphatic carboxylic acids is 1. The molecule has 3 aliphatic heterocycles. The number of hydrogen-bond donors (Lipinski definition) is 2. The van der Waals surface area contributed by atoms with Crippen molar-refractivity contribution in [2.45, 2.75) is 18.9 Å². The third-order valence-corrected chi connectivity index (χ3v) is 3.71. The Kier molecular flexibility index (Phi) is 2.74. The molecule has 2 unspecified atom stereocenters. The van der Waals surface area contributed by atoms with E-state index in [1.54, 1.807) is 7.05 Å². The van der Waals surface area contributed by atoms with E-state index in [1.165, 1.54) is 12.8 Å². The predicted octanol–water partition coefficient (Wildman–Crippen LogP) is 0.000800. The van der Waals surface area contributed by atoms with Gasteiger partial charge in [0, 0.05) is 12.5 Å². The maximum atomic E-state index is 11.0. The minimum absolute atomic E-state index is 0.306. The number of nitrogens with zero attached hydrogens (tertiary/aromatic N) is 1.